The maximum absolute atomic E-state index is 12.8. The average Bonchev–Trinajstić information content (AvgIpc) is 3.46. The molecule has 3 aromatic rings. The smallest absolute Gasteiger partial charge is 0.435 e. The number of carbonyl (C=O) groups excluding carboxylic acids is 3. The van der Waals surface area contributed by atoms with Gasteiger partial charge in [0.2, 0.25) is 11.8 Å². The minimum atomic E-state index is -0.767. The molecule has 1 aliphatic carbocycles. The molecular formula is C32H36N4O4. The van der Waals surface area contributed by atoms with Gasteiger partial charge < -0.3 is 21.1 Å². The Balaban J connectivity index is 1.20. The van der Waals surface area contributed by atoms with Crippen molar-refractivity contribution in [1.29, 1.82) is 0 Å². The first-order valence-electron chi connectivity index (χ1n) is 13.6. The Hall–Kier alpha value is -4.46. The van der Waals surface area contributed by atoms with E-state index >= 15 is 0 Å². The molecule has 0 saturated heterocycles. The minimum Gasteiger partial charge on any atom is -0.443 e. The molecule has 0 bridgehead atoms. The molecule has 1 saturated carbocycles. The fourth-order valence-electron chi connectivity index (χ4n) is 4.89. The summed E-state index contributed by atoms with van der Waals surface area (Å²) >= 11 is 0. The van der Waals surface area contributed by atoms with Gasteiger partial charge in [0.25, 0.3) is 0 Å². The summed E-state index contributed by atoms with van der Waals surface area (Å²) in [4.78, 5) is 41.2. The zero-order valence-corrected chi connectivity index (χ0v) is 22.9. The van der Waals surface area contributed by atoms with Crippen molar-refractivity contribution in [3.63, 3.8) is 0 Å². The van der Waals surface area contributed by atoms with Gasteiger partial charge in [-0.05, 0) is 55.7 Å². The molecule has 8 nitrogen and oxygen atoms in total. The Labute approximate surface area is 235 Å². The standard InChI is InChI=1S/C32H36N4O4/c1-21-7-6-10-26(17-21)27-15-16-28(18-27)31(38)35-22(2)30(37)34-19-23-11-13-25(14-12-23)29(33)36-32(39)40-20-24-8-4-3-5-9-24/h3-14,17,22,27-28H,15-16,18-20H2,1-2H3,(H,34,37)(H,35,38)(H2,33,36,39)/t22-,27+,28+/m0/s1. The van der Waals surface area contributed by atoms with Crippen molar-refractivity contribution in [3.05, 3.63) is 107 Å². The van der Waals surface area contributed by atoms with E-state index in [0.717, 1.165) is 30.4 Å². The van der Waals surface area contributed by atoms with Gasteiger partial charge in [-0.15, -0.1) is 0 Å². The molecule has 1 fully saturated rings. The molecule has 3 amide bonds. The number of aryl methyl sites for hydroxylation is 1. The number of aliphatic imine (C=N–C) groups is 1. The van der Waals surface area contributed by atoms with E-state index in [1.807, 2.05) is 30.3 Å². The number of hydrogen-bond acceptors (Lipinski definition) is 4. The highest BCUT2D eigenvalue weighted by Crippen LogP contribution is 2.38. The normalized spacial score (nSPS) is 17.6. The Morgan fingerprint density at radius 2 is 1.73 bits per heavy atom. The number of hydrogen-bond donors (Lipinski definition) is 3. The molecule has 4 N–H and O–H groups in total. The maximum atomic E-state index is 12.8. The molecule has 0 radical (unpaired) electrons. The second-order valence-corrected chi connectivity index (χ2v) is 10.3. The molecule has 3 aromatic carbocycles. The predicted octanol–water partition coefficient (Wildman–Crippen LogP) is 4.74. The highest BCUT2D eigenvalue weighted by molar-refractivity contribution is 6.02. The topological polar surface area (TPSA) is 123 Å². The van der Waals surface area contributed by atoms with Crippen molar-refractivity contribution < 1.29 is 19.1 Å². The summed E-state index contributed by atoms with van der Waals surface area (Å²) < 4.78 is 5.14. The van der Waals surface area contributed by atoms with Crippen LogP contribution in [0.1, 0.15) is 59.9 Å². The van der Waals surface area contributed by atoms with Crippen LogP contribution in [0.25, 0.3) is 0 Å². The van der Waals surface area contributed by atoms with Crippen LogP contribution in [0.2, 0.25) is 0 Å². The SMILES string of the molecule is Cc1cccc([C@@H]2CC[C@@H](C(=O)N[C@@H](C)C(=O)NCc3ccc(C(N)=NC(=O)OCc4ccccc4)cc3)C2)c1. The number of nitrogens with zero attached hydrogens (tertiary/aromatic N) is 1. The molecule has 0 unspecified atom stereocenters. The van der Waals surface area contributed by atoms with Crippen LogP contribution in [0.4, 0.5) is 4.79 Å². The molecular weight excluding hydrogens is 504 g/mol. The van der Waals surface area contributed by atoms with Gasteiger partial charge in [-0.2, -0.15) is 4.99 Å². The second-order valence-electron chi connectivity index (χ2n) is 10.3. The fraction of sp³-hybridized carbons (Fsp3) is 0.312. The van der Waals surface area contributed by atoms with Gasteiger partial charge in [-0.1, -0.05) is 84.4 Å². The van der Waals surface area contributed by atoms with Crippen LogP contribution < -0.4 is 16.4 Å². The highest BCUT2D eigenvalue weighted by Gasteiger charge is 2.32. The quantitative estimate of drug-likeness (QED) is 0.267. The van der Waals surface area contributed by atoms with Crippen LogP contribution >= 0.6 is 0 Å². The lowest BCUT2D eigenvalue weighted by atomic mass is 9.95. The Morgan fingerprint density at radius 1 is 0.975 bits per heavy atom. The zero-order valence-electron chi connectivity index (χ0n) is 22.9. The highest BCUT2D eigenvalue weighted by atomic mass is 16.5. The van der Waals surface area contributed by atoms with Crippen LogP contribution in [0.3, 0.4) is 0 Å². The maximum Gasteiger partial charge on any atom is 0.435 e. The van der Waals surface area contributed by atoms with E-state index in [1.165, 1.54) is 11.1 Å². The number of rotatable bonds is 9. The monoisotopic (exact) mass is 540 g/mol. The number of benzene rings is 3. The number of amidine groups is 1. The summed E-state index contributed by atoms with van der Waals surface area (Å²) in [5.74, 6) is 0.00598. The first-order chi connectivity index (χ1) is 19.3. The van der Waals surface area contributed by atoms with E-state index in [-0.39, 0.29) is 36.7 Å². The van der Waals surface area contributed by atoms with E-state index in [4.69, 9.17) is 10.5 Å². The summed E-state index contributed by atoms with van der Waals surface area (Å²) in [6, 6.07) is 24.1. The molecule has 0 spiro atoms. The molecule has 208 valence electrons. The molecule has 40 heavy (non-hydrogen) atoms. The van der Waals surface area contributed by atoms with E-state index in [9.17, 15) is 14.4 Å². The first kappa shape index (κ1) is 28.5. The van der Waals surface area contributed by atoms with Gasteiger partial charge in [0, 0.05) is 18.0 Å². The molecule has 8 heteroatoms. The van der Waals surface area contributed by atoms with Gasteiger partial charge in [-0.3, -0.25) is 9.59 Å². The van der Waals surface area contributed by atoms with E-state index < -0.39 is 12.1 Å². The number of amides is 3. The first-order valence-corrected chi connectivity index (χ1v) is 13.6. The Kier molecular flexibility index (Phi) is 9.67. The molecule has 0 aromatic heterocycles. The van der Waals surface area contributed by atoms with Crippen molar-refractivity contribution in [2.24, 2.45) is 16.6 Å². The van der Waals surface area contributed by atoms with Gasteiger partial charge in [0.15, 0.2) is 0 Å². The van der Waals surface area contributed by atoms with Crippen LogP contribution in [0, 0.1) is 12.8 Å². The lowest BCUT2D eigenvalue weighted by Crippen LogP contribution is -2.46. The largest absolute Gasteiger partial charge is 0.443 e. The number of carbonyl (C=O) groups is 3. The van der Waals surface area contributed by atoms with Crippen molar-refractivity contribution in [2.75, 3.05) is 0 Å². The average molecular weight is 541 g/mol. The van der Waals surface area contributed by atoms with Crippen molar-refractivity contribution >= 4 is 23.7 Å². The lowest BCUT2D eigenvalue weighted by molar-refractivity contribution is -0.130. The summed E-state index contributed by atoms with van der Waals surface area (Å²) in [5.41, 5.74) is 10.7. The van der Waals surface area contributed by atoms with Gasteiger partial charge in [-0.25, -0.2) is 4.79 Å². The molecule has 1 aliphatic rings. The molecule has 0 heterocycles. The number of nitrogens with two attached hydrogens (primary N) is 1. The third-order valence-electron chi connectivity index (χ3n) is 7.20. The summed E-state index contributed by atoms with van der Waals surface area (Å²) in [5, 5.41) is 5.74. The van der Waals surface area contributed by atoms with Gasteiger partial charge in [0.05, 0.1) is 0 Å². The third-order valence-corrected chi connectivity index (χ3v) is 7.20. The predicted molar refractivity (Wildman–Crippen MR) is 155 cm³/mol. The summed E-state index contributed by atoms with van der Waals surface area (Å²) in [6.07, 6.45) is 1.83. The van der Waals surface area contributed by atoms with Crippen molar-refractivity contribution in [1.82, 2.24) is 10.6 Å². The van der Waals surface area contributed by atoms with E-state index in [0.29, 0.717) is 11.5 Å². The number of nitrogens with one attached hydrogen (secondary N) is 2. The summed E-state index contributed by atoms with van der Waals surface area (Å²) in [7, 11) is 0. The van der Waals surface area contributed by atoms with Gasteiger partial charge >= 0.3 is 6.09 Å². The number of ether oxygens (including phenoxy) is 1. The zero-order chi connectivity index (χ0) is 28.5. The fourth-order valence-corrected chi connectivity index (χ4v) is 4.89. The van der Waals surface area contributed by atoms with Crippen molar-refractivity contribution in [3.8, 4) is 0 Å². The van der Waals surface area contributed by atoms with Crippen LogP contribution in [-0.2, 0) is 27.5 Å². The third kappa shape index (κ3) is 8.02. The Bertz CT molecular complexity index is 1350. The van der Waals surface area contributed by atoms with Crippen molar-refractivity contribution in [2.45, 2.75) is 58.2 Å². The second kappa shape index (κ2) is 13.6. The van der Waals surface area contributed by atoms with Crippen LogP contribution in [-0.4, -0.2) is 29.8 Å². The molecule has 4 rings (SSSR count). The van der Waals surface area contributed by atoms with Gasteiger partial charge in [0.1, 0.15) is 18.5 Å². The Morgan fingerprint density at radius 3 is 2.45 bits per heavy atom. The molecule has 3 atom stereocenters. The van der Waals surface area contributed by atoms with Crippen LogP contribution in [0.5, 0.6) is 0 Å². The van der Waals surface area contributed by atoms with E-state index in [1.54, 1.807) is 31.2 Å². The van der Waals surface area contributed by atoms with E-state index in [2.05, 4.69) is 46.8 Å². The van der Waals surface area contributed by atoms with Crippen LogP contribution in [0.15, 0.2) is 83.9 Å². The lowest BCUT2D eigenvalue weighted by Gasteiger charge is -2.17. The minimum absolute atomic E-state index is 0.0431. The summed E-state index contributed by atoms with van der Waals surface area (Å²) in [6.45, 7) is 4.17. The molecule has 0 aliphatic heterocycles.